The van der Waals surface area contributed by atoms with Crippen molar-refractivity contribution in [2.75, 3.05) is 0 Å². The Morgan fingerprint density at radius 2 is 1.95 bits per heavy atom. The third kappa shape index (κ3) is 2.88. The number of hydrogen-bond acceptors (Lipinski definition) is 5. The first-order valence-electron chi connectivity index (χ1n) is 5.18. The summed E-state index contributed by atoms with van der Waals surface area (Å²) in [6.45, 7) is -0.0772. The Morgan fingerprint density at radius 1 is 1.25 bits per heavy atom. The fraction of sp³-hybridized carbons (Fsp3) is 0.100. The lowest BCUT2D eigenvalue weighted by Crippen LogP contribution is -2.02. The lowest BCUT2D eigenvalue weighted by atomic mass is 10.2. The molecule has 0 atom stereocenters. The van der Waals surface area contributed by atoms with Crippen LogP contribution in [0.15, 0.2) is 24.4 Å². The second-order valence-corrected chi connectivity index (χ2v) is 4.24. The topological polar surface area (TPSA) is 104 Å². The van der Waals surface area contributed by atoms with Crippen LogP contribution in [-0.4, -0.2) is 19.6 Å². The summed E-state index contributed by atoms with van der Waals surface area (Å²) in [6.07, 6.45) is 1.19. The SMILES string of the molecule is O=[N+]([O-])c1cc(F)cc(Cn2cc(Cl)c([N+](=O)[O-])n2)c1. The van der Waals surface area contributed by atoms with E-state index in [4.69, 9.17) is 11.6 Å². The van der Waals surface area contributed by atoms with Gasteiger partial charge in [-0.1, -0.05) is 11.6 Å². The Hall–Kier alpha value is -2.55. The summed E-state index contributed by atoms with van der Waals surface area (Å²) in [5.74, 6) is -1.31. The first kappa shape index (κ1) is 13.9. The van der Waals surface area contributed by atoms with Gasteiger partial charge in [-0.15, -0.1) is 0 Å². The van der Waals surface area contributed by atoms with Crippen LogP contribution in [0.3, 0.4) is 0 Å². The molecule has 0 aliphatic heterocycles. The Morgan fingerprint density at radius 3 is 2.50 bits per heavy atom. The van der Waals surface area contributed by atoms with E-state index in [0.717, 1.165) is 22.9 Å². The minimum atomic E-state index is -0.776. The van der Waals surface area contributed by atoms with Crippen LogP contribution in [0, 0.1) is 26.0 Å². The molecule has 1 aromatic heterocycles. The summed E-state index contributed by atoms with van der Waals surface area (Å²) in [7, 11) is 0. The van der Waals surface area contributed by atoms with Gasteiger partial charge in [0.05, 0.1) is 28.8 Å². The predicted octanol–water partition coefficient (Wildman–Crippen LogP) is 2.54. The molecule has 0 radical (unpaired) electrons. The highest BCUT2D eigenvalue weighted by atomic mass is 35.5. The highest BCUT2D eigenvalue weighted by molar-refractivity contribution is 6.32. The monoisotopic (exact) mass is 300 g/mol. The van der Waals surface area contributed by atoms with Crippen LogP contribution in [0.4, 0.5) is 15.9 Å². The zero-order valence-electron chi connectivity index (χ0n) is 9.69. The molecule has 0 saturated carbocycles. The number of rotatable bonds is 4. The summed E-state index contributed by atoms with van der Waals surface area (Å²) < 4.78 is 14.3. The first-order chi connectivity index (χ1) is 9.36. The van der Waals surface area contributed by atoms with Crippen molar-refractivity contribution < 1.29 is 14.2 Å². The van der Waals surface area contributed by atoms with Gasteiger partial charge in [-0.05, 0) is 16.6 Å². The standard InChI is InChI=1S/C10H6ClFN4O4/c11-9-5-14(13-10(9)16(19)20)4-6-1-7(12)3-8(2-6)15(17)18/h1-3,5H,4H2. The number of aromatic nitrogens is 2. The molecule has 2 rings (SSSR count). The Balaban J connectivity index is 2.32. The highest BCUT2D eigenvalue weighted by Crippen LogP contribution is 2.23. The zero-order chi connectivity index (χ0) is 14.9. The van der Waals surface area contributed by atoms with Gasteiger partial charge < -0.3 is 10.1 Å². The molecule has 0 unspecified atom stereocenters. The molecule has 1 heterocycles. The molecule has 0 amide bonds. The lowest BCUT2D eigenvalue weighted by molar-refractivity contribution is -0.389. The van der Waals surface area contributed by atoms with Crippen molar-refractivity contribution in [1.82, 2.24) is 9.78 Å². The van der Waals surface area contributed by atoms with Crippen LogP contribution in [-0.2, 0) is 6.54 Å². The van der Waals surface area contributed by atoms with Gasteiger partial charge in [-0.2, -0.15) is 4.68 Å². The molecule has 0 aliphatic rings. The van der Waals surface area contributed by atoms with Gasteiger partial charge in [-0.3, -0.25) is 10.1 Å². The van der Waals surface area contributed by atoms with Gasteiger partial charge in [-0.25, -0.2) is 4.39 Å². The van der Waals surface area contributed by atoms with Crippen LogP contribution < -0.4 is 0 Å². The Kier molecular flexibility index (Phi) is 3.61. The maximum Gasteiger partial charge on any atom is 0.408 e. The minimum Gasteiger partial charge on any atom is -0.358 e. The summed E-state index contributed by atoms with van der Waals surface area (Å²) in [5.41, 5.74) is -0.168. The van der Waals surface area contributed by atoms with Crippen molar-refractivity contribution in [3.05, 3.63) is 61.0 Å². The van der Waals surface area contributed by atoms with Gasteiger partial charge in [0.15, 0.2) is 5.02 Å². The largest absolute Gasteiger partial charge is 0.408 e. The maximum atomic E-state index is 13.2. The molecule has 20 heavy (non-hydrogen) atoms. The van der Waals surface area contributed by atoms with E-state index in [9.17, 15) is 24.6 Å². The zero-order valence-corrected chi connectivity index (χ0v) is 10.5. The molecule has 8 nitrogen and oxygen atoms in total. The number of benzene rings is 1. The molecule has 0 saturated heterocycles. The van der Waals surface area contributed by atoms with Crippen LogP contribution in [0.5, 0.6) is 0 Å². The number of halogens is 2. The summed E-state index contributed by atoms with van der Waals surface area (Å²) in [5, 5.41) is 24.6. The second kappa shape index (κ2) is 5.21. The maximum absolute atomic E-state index is 13.2. The molecular formula is C10H6ClFN4O4. The Bertz CT molecular complexity index is 703. The van der Waals surface area contributed by atoms with E-state index in [1.54, 1.807) is 0 Å². The van der Waals surface area contributed by atoms with E-state index >= 15 is 0 Å². The molecule has 0 aliphatic carbocycles. The van der Waals surface area contributed by atoms with Crippen molar-refractivity contribution in [2.45, 2.75) is 6.54 Å². The molecule has 104 valence electrons. The average molecular weight is 301 g/mol. The van der Waals surface area contributed by atoms with Crippen molar-refractivity contribution in [1.29, 1.82) is 0 Å². The van der Waals surface area contributed by atoms with Crippen molar-refractivity contribution in [2.24, 2.45) is 0 Å². The van der Waals surface area contributed by atoms with E-state index in [-0.39, 0.29) is 17.1 Å². The summed E-state index contributed by atoms with van der Waals surface area (Å²) >= 11 is 5.61. The van der Waals surface area contributed by atoms with Crippen molar-refractivity contribution in [3.63, 3.8) is 0 Å². The number of nitro groups is 2. The number of nitrogens with zero attached hydrogens (tertiary/aromatic N) is 4. The minimum absolute atomic E-state index is 0.0772. The third-order valence-electron chi connectivity index (χ3n) is 2.37. The highest BCUT2D eigenvalue weighted by Gasteiger charge is 2.19. The van der Waals surface area contributed by atoms with Crippen LogP contribution >= 0.6 is 11.6 Å². The molecule has 0 fully saturated rings. The van der Waals surface area contributed by atoms with Crippen LogP contribution in [0.25, 0.3) is 0 Å². The Labute approximate surface area is 115 Å². The van der Waals surface area contributed by atoms with E-state index < -0.39 is 27.2 Å². The molecule has 10 heteroatoms. The molecule has 0 bridgehead atoms. The van der Waals surface area contributed by atoms with E-state index in [1.807, 2.05) is 0 Å². The van der Waals surface area contributed by atoms with E-state index in [1.165, 1.54) is 6.20 Å². The molecule has 1 aromatic carbocycles. The van der Waals surface area contributed by atoms with Gasteiger partial charge >= 0.3 is 5.82 Å². The predicted molar refractivity (Wildman–Crippen MR) is 66.0 cm³/mol. The number of nitro benzene ring substituents is 1. The summed E-state index contributed by atoms with van der Waals surface area (Å²) in [4.78, 5) is 19.7. The summed E-state index contributed by atoms with van der Waals surface area (Å²) in [6, 6.07) is 3.01. The van der Waals surface area contributed by atoms with Gasteiger partial charge in [0.2, 0.25) is 0 Å². The lowest BCUT2D eigenvalue weighted by Gasteiger charge is -1.99. The third-order valence-corrected chi connectivity index (χ3v) is 2.64. The molecule has 0 spiro atoms. The quantitative estimate of drug-likeness (QED) is 0.637. The van der Waals surface area contributed by atoms with E-state index in [0.29, 0.717) is 0 Å². The van der Waals surface area contributed by atoms with Crippen molar-refractivity contribution >= 4 is 23.1 Å². The van der Waals surface area contributed by atoms with Crippen molar-refractivity contribution in [3.8, 4) is 0 Å². The number of hydrogen-bond donors (Lipinski definition) is 0. The molecule has 0 N–H and O–H groups in total. The van der Waals surface area contributed by atoms with Crippen LogP contribution in [0.1, 0.15) is 5.56 Å². The normalized spacial score (nSPS) is 10.5. The van der Waals surface area contributed by atoms with Gasteiger partial charge in [0, 0.05) is 6.07 Å². The first-order valence-corrected chi connectivity index (χ1v) is 5.56. The second-order valence-electron chi connectivity index (χ2n) is 3.83. The molecular weight excluding hydrogens is 295 g/mol. The smallest absolute Gasteiger partial charge is 0.358 e. The fourth-order valence-electron chi connectivity index (χ4n) is 1.61. The fourth-order valence-corrected chi connectivity index (χ4v) is 1.83. The van der Waals surface area contributed by atoms with E-state index in [2.05, 4.69) is 5.10 Å². The molecule has 2 aromatic rings. The van der Waals surface area contributed by atoms with Gasteiger partial charge in [0.1, 0.15) is 5.82 Å². The number of non-ortho nitro benzene ring substituents is 1. The van der Waals surface area contributed by atoms with Crippen LogP contribution in [0.2, 0.25) is 5.02 Å². The van der Waals surface area contributed by atoms with Gasteiger partial charge in [0.25, 0.3) is 5.69 Å². The average Bonchev–Trinajstić information content (AvgIpc) is 2.69.